The molecule has 7 nitrogen and oxygen atoms in total. The molecule has 38 heavy (non-hydrogen) atoms. The molecule has 0 fully saturated rings. The number of alkyl halides is 3. The summed E-state index contributed by atoms with van der Waals surface area (Å²) >= 11 is 4.73. The van der Waals surface area contributed by atoms with Crippen molar-refractivity contribution in [3.63, 3.8) is 0 Å². The summed E-state index contributed by atoms with van der Waals surface area (Å²) in [5, 5.41) is 7.55. The fraction of sp³-hybridized carbons (Fsp3) is 0.222. The average molecular weight is 544 g/mol. The van der Waals surface area contributed by atoms with Crippen LogP contribution >= 0.6 is 12.2 Å². The van der Waals surface area contributed by atoms with Gasteiger partial charge in [0.05, 0.1) is 12.8 Å². The number of anilines is 1. The van der Waals surface area contributed by atoms with Crippen molar-refractivity contribution in [2.45, 2.75) is 33.1 Å². The molecule has 200 valence electrons. The molecule has 0 aliphatic rings. The number of nitrogens with one attached hydrogen (secondary N) is 1. The molecule has 0 radical (unpaired) electrons. The Morgan fingerprint density at radius 2 is 1.76 bits per heavy atom. The summed E-state index contributed by atoms with van der Waals surface area (Å²) in [6, 6.07) is 19.1. The normalized spacial score (nSPS) is 10.8. The smallest absolute Gasteiger partial charge is 0.497 e. The van der Waals surface area contributed by atoms with Crippen molar-refractivity contribution in [3.05, 3.63) is 84.2 Å². The molecular weight excluding hydrogens is 515 g/mol. The van der Waals surface area contributed by atoms with Crippen LogP contribution in [0, 0.1) is 6.92 Å². The van der Waals surface area contributed by atoms with Gasteiger partial charge in [0, 0.05) is 11.3 Å². The van der Waals surface area contributed by atoms with E-state index in [2.05, 4.69) is 33.1 Å². The van der Waals surface area contributed by atoms with Gasteiger partial charge in [0.1, 0.15) is 17.8 Å². The molecule has 3 aromatic carbocycles. The number of aromatic nitrogens is 3. The van der Waals surface area contributed by atoms with Crippen molar-refractivity contribution in [2.24, 2.45) is 5.73 Å². The van der Waals surface area contributed by atoms with E-state index < -0.39 is 6.36 Å². The van der Waals surface area contributed by atoms with E-state index in [0.717, 1.165) is 35.4 Å². The first-order chi connectivity index (χ1) is 18.1. The lowest BCUT2D eigenvalue weighted by Crippen LogP contribution is -2.19. The molecule has 0 aliphatic heterocycles. The highest BCUT2D eigenvalue weighted by molar-refractivity contribution is 7.80. The highest BCUT2D eigenvalue weighted by atomic mass is 32.1. The summed E-state index contributed by atoms with van der Waals surface area (Å²) in [7, 11) is 1.63. The molecule has 1 heterocycles. The first-order valence-electron chi connectivity index (χ1n) is 11.7. The van der Waals surface area contributed by atoms with Crippen LogP contribution in [0.5, 0.6) is 11.5 Å². The highest BCUT2D eigenvalue weighted by Crippen LogP contribution is 2.24. The molecule has 0 unspecified atom stereocenters. The van der Waals surface area contributed by atoms with Gasteiger partial charge >= 0.3 is 6.36 Å². The van der Waals surface area contributed by atoms with Crippen LogP contribution in [0.4, 0.5) is 18.9 Å². The lowest BCUT2D eigenvalue weighted by atomic mass is 10.1. The Morgan fingerprint density at radius 1 is 1.05 bits per heavy atom. The third kappa shape index (κ3) is 8.48. The Hall–Kier alpha value is -4.12. The van der Waals surface area contributed by atoms with Crippen molar-refractivity contribution in [3.8, 4) is 28.6 Å². The van der Waals surface area contributed by atoms with Crippen molar-refractivity contribution < 1.29 is 22.6 Å². The molecule has 0 saturated carbocycles. The van der Waals surface area contributed by atoms with Gasteiger partial charge in [0.15, 0.2) is 10.9 Å². The molecule has 0 amide bonds. The first-order valence-corrected chi connectivity index (χ1v) is 12.1. The first kappa shape index (κ1) is 28.5. The molecular formula is C27H28F3N5O2S. The summed E-state index contributed by atoms with van der Waals surface area (Å²) in [6.07, 6.45) is -1.14. The van der Waals surface area contributed by atoms with Crippen LogP contribution in [-0.4, -0.2) is 33.3 Å². The predicted molar refractivity (Wildman–Crippen MR) is 146 cm³/mol. The number of ether oxygens (including phenoxy) is 2. The number of methoxy groups -OCH3 is 1. The van der Waals surface area contributed by atoms with Crippen LogP contribution in [0.2, 0.25) is 0 Å². The van der Waals surface area contributed by atoms with Crippen LogP contribution in [-0.2, 0) is 6.42 Å². The van der Waals surface area contributed by atoms with E-state index in [0.29, 0.717) is 11.5 Å². The number of rotatable bonds is 7. The van der Waals surface area contributed by atoms with E-state index in [1.54, 1.807) is 7.11 Å². The summed E-state index contributed by atoms with van der Waals surface area (Å²) in [5.41, 5.74) is 10.0. The number of nitrogens with zero attached hydrogens (tertiary/aromatic N) is 3. The zero-order chi connectivity index (χ0) is 27.7. The van der Waals surface area contributed by atoms with Crippen molar-refractivity contribution in [1.82, 2.24) is 14.8 Å². The van der Waals surface area contributed by atoms with Gasteiger partial charge in [-0.05, 0) is 85.2 Å². The zero-order valence-corrected chi connectivity index (χ0v) is 21.9. The van der Waals surface area contributed by atoms with Gasteiger partial charge in [-0.25, -0.2) is 9.67 Å². The number of aryl methyl sites for hydroxylation is 2. The van der Waals surface area contributed by atoms with Gasteiger partial charge in [0.2, 0.25) is 0 Å². The SMILES string of the molecule is CCCc1cccc(-c2ncn(-c3ccc(OC(F)(F)F)cc3)n2)c1.COc1ccc(NC(N)=S)c(C)c1. The van der Waals surface area contributed by atoms with Crippen molar-refractivity contribution in [2.75, 3.05) is 12.4 Å². The topological polar surface area (TPSA) is 87.2 Å². The maximum atomic E-state index is 12.2. The van der Waals surface area contributed by atoms with Crippen molar-refractivity contribution in [1.29, 1.82) is 0 Å². The lowest BCUT2D eigenvalue weighted by Gasteiger charge is -2.09. The van der Waals surface area contributed by atoms with E-state index >= 15 is 0 Å². The predicted octanol–water partition coefficient (Wildman–Crippen LogP) is 6.44. The number of hydrogen-bond donors (Lipinski definition) is 2. The molecule has 4 aromatic rings. The zero-order valence-electron chi connectivity index (χ0n) is 21.1. The minimum absolute atomic E-state index is 0.272. The van der Waals surface area contributed by atoms with Crippen LogP contribution < -0.4 is 20.5 Å². The van der Waals surface area contributed by atoms with E-state index in [-0.39, 0.29) is 10.9 Å². The summed E-state index contributed by atoms with van der Waals surface area (Å²) in [4.78, 5) is 4.29. The van der Waals surface area contributed by atoms with Crippen molar-refractivity contribution >= 4 is 23.0 Å². The van der Waals surface area contributed by atoms with Crippen LogP contribution in [0.1, 0.15) is 24.5 Å². The lowest BCUT2D eigenvalue weighted by molar-refractivity contribution is -0.274. The molecule has 0 atom stereocenters. The summed E-state index contributed by atoms with van der Waals surface area (Å²) in [5.74, 6) is 1.11. The number of halogens is 3. The second kappa shape index (κ2) is 12.9. The molecule has 0 aliphatic carbocycles. The maximum Gasteiger partial charge on any atom is 0.573 e. The number of thiocarbonyl (C=S) groups is 1. The second-order valence-electron chi connectivity index (χ2n) is 8.17. The second-order valence-corrected chi connectivity index (χ2v) is 8.61. The minimum Gasteiger partial charge on any atom is -0.497 e. The van der Waals surface area contributed by atoms with E-state index in [9.17, 15) is 13.2 Å². The number of hydrogen-bond acceptors (Lipinski definition) is 5. The fourth-order valence-electron chi connectivity index (χ4n) is 3.51. The van der Waals surface area contributed by atoms with Gasteiger partial charge < -0.3 is 20.5 Å². The standard InChI is InChI=1S/C18H16F3N3O.C9H12N2OS/c1-2-4-13-5-3-6-14(11-13)17-22-12-24(23-17)15-7-9-16(10-8-15)25-18(19,20)21;1-6-5-7(12-2)3-4-8(6)11-9(10)13/h3,5-12H,2,4H2,1H3;3-5H,1-2H3,(H3,10,11,13). The summed E-state index contributed by atoms with van der Waals surface area (Å²) in [6.45, 7) is 4.08. The van der Waals surface area contributed by atoms with E-state index in [1.807, 2.05) is 43.3 Å². The van der Waals surface area contributed by atoms with Gasteiger partial charge in [-0.1, -0.05) is 31.5 Å². The van der Waals surface area contributed by atoms with Gasteiger partial charge in [0.25, 0.3) is 0 Å². The third-order valence-corrected chi connectivity index (χ3v) is 5.34. The highest BCUT2D eigenvalue weighted by Gasteiger charge is 2.31. The molecule has 1 aromatic heterocycles. The monoisotopic (exact) mass is 543 g/mol. The third-order valence-electron chi connectivity index (χ3n) is 5.24. The number of nitrogens with two attached hydrogens (primary N) is 1. The molecule has 11 heteroatoms. The Kier molecular flexibility index (Phi) is 9.66. The minimum atomic E-state index is -4.70. The molecule has 0 spiro atoms. The Morgan fingerprint density at radius 3 is 2.37 bits per heavy atom. The van der Waals surface area contributed by atoms with Gasteiger partial charge in [-0.2, -0.15) is 0 Å². The Labute approximate surface area is 224 Å². The Bertz CT molecular complexity index is 1360. The molecule has 4 rings (SSSR count). The molecule has 0 saturated heterocycles. The quantitative estimate of drug-likeness (QED) is 0.259. The van der Waals surface area contributed by atoms with Gasteiger partial charge in [-0.3, -0.25) is 0 Å². The van der Waals surface area contributed by atoms with Crippen LogP contribution in [0.25, 0.3) is 17.1 Å². The maximum absolute atomic E-state index is 12.2. The Balaban J connectivity index is 0.000000260. The molecule has 0 bridgehead atoms. The number of benzene rings is 3. The van der Waals surface area contributed by atoms with E-state index in [4.69, 9.17) is 22.7 Å². The largest absolute Gasteiger partial charge is 0.573 e. The fourth-order valence-corrected chi connectivity index (χ4v) is 3.62. The van der Waals surface area contributed by atoms with Crippen LogP contribution in [0.3, 0.4) is 0 Å². The molecule has 3 N–H and O–H groups in total. The van der Waals surface area contributed by atoms with E-state index in [1.165, 1.54) is 40.8 Å². The van der Waals surface area contributed by atoms with Gasteiger partial charge in [-0.15, -0.1) is 18.3 Å². The summed E-state index contributed by atoms with van der Waals surface area (Å²) < 4.78 is 47.0. The van der Waals surface area contributed by atoms with Crippen LogP contribution in [0.15, 0.2) is 73.1 Å². The average Bonchev–Trinajstić information content (AvgIpc) is 3.36.